The van der Waals surface area contributed by atoms with Crippen molar-refractivity contribution in [1.82, 2.24) is 9.55 Å². The number of rotatable bonds is 3. The molecule has 0 unspecified atom stereocenters. The van der Waals surface area contributed by atoms with Crippen molar-refractivity contribution in [3.8, 4) is 5.75 Å². The second-order valence-corrected chi connectivity index (χ2v) is 4.36. The summed E-state index contributed by atoms with van der Waals surface area (Å²) in [5.41, 5.74) is 3.14. The zero-order valence-electron chi connectivity index (χ0n) is 11.0. The van der Waals surface area contributed by atoms with Gasteiger partial charge in [-0.1, -0.05) is 0 Å². The fraction of sp³-hybridized carbons (Fsp3) is 0.286. The Hall–Kier alpha value is -2.10. The van der Waals surface area contributed by atoms with Gasteiger partial charge in [0.05, 0.1) is 19.6 Å². The largest absolute Gasteiger partial charge is 0.496 e. The second-order valence-electron chi connectivity index (χ2n) is 4.36. The standard InChI is InChI=1S/C14H16N2O2/c1-9-6-13(18-4)10(2)5-11(9)14(17)12-7-15-8-16(12)3/h5-8H,1-4H3. The number of methoxy groups -OCH3 is 1. The Labute approximate surface area is 106 Å². The highest BCUT2D eigenvalue weighted by Crippen LogP contribution is 2.24. The van der Waals surface area contributed by atoms with Gasteiger partial charge in [-0.05, 0) is 37.1 Å². The Bertz CT molecular complexity index is 600. The molecule has 0 aliphatic heterocycles. The Morgan fingerprint density at radius 1 is 1.28 bits per heavy atom. The van der Waals surface area contributed by atoms with Gasteiger partial charge in [0.25, 0.3) is 0 Å². The molecule has 4 nitrogen and oxygen atoms in total. The van der Waals surface area contributed by atoms with Crippen LogP contribution in [-0.4, -0.2) is 22.4 Å². The van der Waals surface area contributed by atoms with E-state index in [1.54, 1.807) is 24.2 Å². The van der Waals surface area contributed by atoms with Crippen LogP contribution in [0.25, 0.3) is 0 Å². The molecule has 2 rings (SSSR count). The van der Waals surface area contributed by atoms with E-state index < -0.39 is 0 Å². The van der Waals surface area contributed by atoms with E-state index >= 15 is 0 Å². The summed E-state index contributed by atoms with van der Waals surface area (Å²) in [5.74, 6) is 0.785. The van der Waals surface area contributed by atoms with Gasteiger partial charge in [-0.2, -0.15) is 0 Å². The Morgan fingerprint density at radius 2 is 2.00 bits per heavy atom. The molecule has 0 radical (unpaired) electrons. The van der Waals surface area contributed by atoms with Crippen molar-refractivity contribution in [2.45, 2.75) is 13.8 Å². The molecule has 0 saturated heterocycles. The predicted molar refractivity (Wildman–Crippen MR) is 69.1 cm³/mol. The van der Waals surface area contributed by atoms with Crippen LogP contribution < -0.4 is 4.74 Å². The predicted octanol–water partition coefficient (Wildman–Crippen LogP) is 2.28. The van der Waals surface area contributed by atoms with E-state index in [1.807, 2.05) is 33.0 Å². The molecule has 1 heterocycles. The number of benzene rings is 1. The van der Waals surface area contributed by atoms with Gasteiger partial charge < -0.3 is 9.30 Å². The lowest BCUT2D eigenvalue weighted by Gasteiger charge is -2.10. The van der Waals surface area contributed by atoms with E-state index in [4.69, 9.17) is 4.74 Å². The van der Waals surface area contributed by atoms with Crippen LogP contribution >= 0.6 is 0 Å². The highest BCUT2D eigenvalue weighted by Gasteiger charge is 2.16. The molecule has 2 aromatic rings. The lowest BCUT2D eigenvalue weighted by molar-refractivity contribution is 0.103. The summed E-state index contributed by atoms with van der Waals surface area (Å²) in [5, 5.41) is 0. The van der Waals surface area contributed by atoms with Gasteiger partial charge in [0.2, 0.25) is 5.78 Å². The Balaban J connectivity index is 2.49. The molecule has 18 heavy (non-hydrogen) atoms. The van der Waals surface area contributed by atoms with Crippen LogP contribution in [-0.2, 0) is 7.05 Å². The fourth-order valence-corrected chi connectivity index (χ4v) is 1.97. The molecular formula is C14H16N2O2. The molecule has 0 bridgehead atoms. The number of ether oxygens (including phenoxy) is 1. The van der Waals surface area contributed by atoms with Crippen LogP contribution in [0.1, 0.15) is 27.2 Å². The van der Waals surface area contributed by atoms with Gasteiger partial charge in [0.15, 0.2) is 0 Å². The third kappa shape index (κ3) is 2.01. The van der Waals surface area contributed by atoms with Gasteiger partial charge in [-0.25, -0.2) is 4.98 Å². The summed E-state index contributed by atoms with van der Waals surface area (Å²) in [6.07, 6.45) is 3.21. The van der Waals surface area contributed by atoms with E-state index in [9.17, 15) is 4.79 Å². The number of ketones is 1. The molecule has 0 atom stereocenters. The summed E-state index contributed by atoms with van der Waals surface area (Å²) in [6.45, 7) is 3.84. The Morgan fingerprint density at radius 3 is 2.56 bits per heavy atom. The van der Waals surface area contributed by atoms with E-state index in [-0.39, 0.29) is 5.78 Å². The first-order valence-corrected chi connectivity index (χ1v) is 5.71. The molecular weight excluding hydrogens is 228 g/mol. The summed E-state index contributed by atoms with van der Waals surface area (Å²) < 4.78 is 6.97. The summed E-state index contributed by atoms with van der Waals surface area (Å²) in [6, 6.07) is 3.75. The van der Waals surface area contributed by atoms with Gasteiger partial charge in [0.1, 0.15) is 11.4 Å². The third-order valence-corrected chi connectivity index (χ3v) is 3.04. The third-order valence-electron chi connectivity index (χ3n) is 3.04. The molecule has 1 aromatic carbocycles. The van der Waals surface area contributed by atoms with Crippen LogP contribution in [0.3, 0.4) is 0 Å². The monoisotopic (exact) mass is 244 g/mol. The van der Waals surface area contributed by atoms with Crippen molar-refractivity contribution in [2.24, 2.45) is 7.05 Å². The number of imidazole rings is 1. The zero-order chi connectivity index (χ0) is 13.3. The molecule has 0 spiro atoms. The van der Waals surface area contributed by atoms with Crippen LogP contribution in [0.15, 0.2) is 24.7 Å². The van der Waals surface area contributed by atoms with Crippen LogP contribution in [0.5, 0.6) is 5.75 Å². The number of hydrogen-bond acceptors (Lipinski definition) is 3. The molecule has 94 valence electrons. The maximum Gasteiger partial charge on any atom is 0.211 e. The highest BCUT2D eigenvalue weighted by molar-refractivity contribution is 6.08. The summed E-state index contributed by atoms with van der Waals surface area (Å²) in [4.78, 5) is 16.4. The van der Waals surface area contributed by atoms with Crippen molar-refractivity contribution in [3.05, 3.63) is 47.0 Å². The fourth-order valence-electron chi connectivity index (χ4n) is 1.97. The van der Waals surface area contributed by atoms with Gasteiger partial charge >= 0.3 is 0 Å². The van der Waals surface area contributed by atoms with Gasteiger partial charge in [-0.3, -0.25) is 4.79 Å². The number of carbonyl (C=O) groups is 1. The number of nitrogens with zero attached hydrogens (tertiary/aromatic N) is 2. The topological polar surface area (TPSA) is 44.1 Å². The van der Waals surface area contributed by atoms with Crippen LogP contribution in [0, 0.1) is 13.8 Å². The number of aromatic nitrogens is 2. The molecule has 0 fully saturated rings. The highest BCUT2D eigenvalue weighted by atomic mass is 16.5. The normalized spacial score (nSPS) is 10.4. The lowest BCUT2D eigenvalue weighted by Crippen LogP contribution is -2.09. The SMILES string of the molecule is COc1cc(C)c(C(=O)c2cncn2C)cc1C. The number of carbonyl (C=O) groups excluding carboxylic acids is 1. The number of aryl methyl sites for hydroxylation is 3. The molecule has 0 aliphatic rings. The molecule has 0 N–H and O–H groups in total. The van der Waals surface area contributed by atoms with E-state index in [1.165, 1.54) is 0 Å². The van der Waals surface area contributed by atoms with Crippen molar-refractivity contribution in [3.63, 3.8) is 0 Å². The first-order chi connectivity index (χ1) is 8.54. The van der Waals surface area contributed by atoms with Crippen molar-refractivity contribution in [2.75, 3.05) is 7.11 Å². The van der Waals surface area contributed by atoms with Crippen molar-refractivity contribution < 1.29 is 9.53 Å². The minimum absolute atomic E-state index is 0.0155. The number of hydrogen-bond donors (Lipinski definition) is 0. The van der Waals surface area contributed by atoms with E-state index in [0.717, 1.165) is 16.9 Å². The molecule has 4 heteroatoms. The molecule has 1 aromatic heterocycles. The van der Waals surface area contributed by atoms with Crippen molar-refractivity contribution in [1.29, 1.82) is 0 Å². The first kappa shape index (κ1) is 12.4. The molecule has 0 aliphatic carbocycles. The van der Waals surface area contributed by atoms with Crippen molar-refractivity contribution >= 4 is 5.78 Å². The van der Waals surface area contributed by atoms with Crippen LogP contribution in [0.2, 0.25) is 0 Å². The Kier molecular flexibility index (Phi) is 3.19. The maximum absolute atomic E-state index is 12.4. The average Bonchev–Trinajstić information content (AvgIpc) is 2.77. The smallest absolute Gasteiger partial charge is 0.211 e. The van der Waals surface area contributed by atoms with E-state index in [2.05, 4.69) is 4.98 Å². The molecule has 0 amide bonds. The van der Waals surface area contributed by atoms with Gasteiger partial charge in [0, 0.05) is 12.6 Å². The summed E-state index contributed by atoms with van der Waals surface area (Å²) >= 11 is 0. The minimum Gasteiger partial charge on any atom is -0.496 e. The lowest BCUT2D eigenvalue weighted by atomic mass is 9.99. The quantitative estimate of drug-likeness (QED) is 0.778. The minimum atomic E-state index is -0.0155. The van der Waals surface area contributed by atoms with Crippen LogP contribution in [0.4, 0.5) is 0 Å². The zero-order valence-corrected chi connectivity index (χ0v) is 11.0. The first-order valence-electron chi connectivity index (χ1n) is 5.71. The second kappa shape index (κ2) is 4.64. The maximum atomic E-state index is 12.4. The van der Waals surface area contributed by atoms with E-state index in [0.29, 0.717) is 11.3 Å². The average molecular weight is 244 g/mol. The summed E-state index contributed by atoms with van der Waals surface area (Å²) in [7, 11) is 3.44. The molecule has 0 saturated carbocycles. The van der Waals surface area contributed by atoms with Gasteiger partial charge in [-0.15, -0.1) is 0 Å².